The topological polar surface area (TPSA) is 67.6 Å². The molecule has 0 spiro atoms. The van der Waals surface area contributed by atoms with Gasteiger partial charge in [0.05, 0.1) is 18.3 Å². The Morgan fingerprint density at radius 2 is 2.03 bits per heavy atom. The Morgan fingerprint density at radius 3 is 2.73 bits per heavy atom. The van der Waals surface area contributed by atoms with Gasteiger partial charge in [-0.05, 0) is 55.5 Å². The molecule has 1 N–H and O–H groups in total. The van der Waals surface area contributed by atoms with Crippen molar-refractivity contribution in [2.75, 3.05) is 13.2 Å². The normalized spacial score (nSPS) is 18.3. The van der Waals surface area contributed by atoms with Gasteiger partial charge in [0, 0.05) is 16.2 Å². The summed E-state index contributed by atoms with van der Waals surface area (Å²) in [6, 6.07) is 16.9. The number of hydrogen-bond donors (Lipinski definition) is 1. The highest BCUT2D eigenvalue weighted by molar-refractivity contribution is 9.10. The second-order valence-electron chi connectivity index (χ2n) is 6.77. The fourth-order valence-corrected chi connectivity index (χ4v) is 4.08. The molecular formula is C22H20BrN3O3S. The monoisotopic (exact) mass is 485 g/mol. The first-order valence-corrected chi connectivity index (χ1v) is 10.8. The smallest absolute Gasteiger partial charge is 0.325 e. The first kappa shape index (κ1) is 20.6. The van der Waals surface area contributed by atoms with E-state index in [1.807, 2.05) is 54.6 Å². The number of nitrogens with zero attached hydrogens (tertiary/aromatic N) is 2. The van der Waals surface area contributed by atoms with Crippen molar-refractivity contribution < 1.29 is 13.9 Å². The van der Waals surface area contributed by atoms with E-state index in [1.165, 1.54) is 0 Å². The van der Waals surface area contributed by atoms with Crippen molar-refractivity contribution in [2.24, 2.45) is 0 Å². The van der Waals surface area contributed by atoms with Crippen LogP contribution in [0.3, 0.4) is 0 Å². The van der Waals surface area contributed by atoms with Gasteiger partial charge >= 0.3 is 5.97 Å². The number of hydrogen-bond acceptors (Lipinski definition) is 5. The van der Waals surface area contributed by atoms with Crippen LogP contribution in [0.4, 0.5) is 0 Å². The van der Waals surface area contributed by atoms with E-state index in [2.05, 4.69) is 26.2 Å². The summed E-state index contributed by atoms with van der Waals surface area (Å²) in [6.07, 6.45) is 1.74. The Bertz CT molecular complexity index is 1040. The lowest BCUT2D eigenvalue weighted by Gasteiger charge is -2.25. The van der Waals surface area contributed by atoms with Crippen LogP contribution in [0.15, 0.2) is 69.7 Å². The summed E-state index contributed by atoms with van der Waals surface area (Å²) in [5.41, 5.74) is 1.78. The van der Waals surface area contributed by atoms with Crippen LogP contribution < -0.4 is 5.32 Å². The Kier molecular flexibility index (Phi) is 6.15. The molecule has 30 heavy (non-hydrogen) atoms. The highest BCUT2D eigenvalue weighted by Crippen LogP contribution is 2.40. The summed E-state index contributed by atoms with van der Waals surface area (Å²) in [5, 5.41) is 3.76. The molecule has 1 fully saturated rings. The second-order valence-corrected chi connectivity index (χ2v) is 8.07. The predicted molar refractivity (Wildman–Crippen MR) is 121 cm³/mol. The van der Waals surface area contributed by atoms with E-state index in [4.69, 9.17) is 21.4 Å². The molecule has 4 rings (SSSR count). The first-order valence-electron chi connectivity index (χ1n) is 9.56. The SMILES string of the molecule is CCOC(=O)CN1C(=S)N[C@@H](c2ccccn2)[C@@H]1c1ccc(-c2ccc(Br)cc2)o1. The molecule has 1 aliphatic rings. The number of furan rings is 1. The molecule has 1 aliphatic heterocycles. The maximum atomic E-state index is 12.2. The molecule has 0 unspecified atom stereocenters. The van der Waals surface area contributed by atoms with Gasteiger partial charge in [0.2, 0.25) is 0 Å². The Labute approximate surface area is 188 Å². The zero-order valence-corrected chi connectivity index (χ0v) is 18.7. The lowest BCUT2D eigenvalue weighted by atomic mass is 10.0. The van der Waals surface area contributed by atoms with Crippen LogP contribution in [0.1, 0.15) is 30.5 Å². The Morgan fingerprint density at radius 1 is 1.23 bits per heavy atom. The molecule has 0 saturated carbocycles. The number of esters is 1. The minimum atomic E-state index is -0.340. The van der Waals surface area contributed by atoms with Gasteiger partial charge in [-0.15, -0.1) is 0 Å². The third-order valence-electron chi connectivity index (χ3n) is 4.85. The van der Waals surface area contributed by atoms with Crippen molar-refractivity contribution in [3.63, 3.8) is 0 Å². The predicted octanol–water partition coefficient (Wildman–Crippen LogP) is 4.64. The number of pyridine rings is 1. The maximum absolute atomic E-state index is 12.2. The molecule has 1 aromatic carbocycles. The van der Waals surface area contributed by atoms with Crippen molar-refractivity contribution >= 4 is 39.2 Å². The zero-order valence-electron chi connectivity index (χ0n) is 16.2. The summed E-state index contributed by atoms with van der Waals surface area (Å²) < 4.78 is 12.4. The van der Waals surface area contributed by atoms with Crippen molar-refractivity contribution in [1.82, 2.24) is 15.2 Å². The standard InChI is InChI=1S/C22H20BrN3O3S/c1-2-28-19(27)13-26-21(20(25-22(26)30)16-5-3-4-12-24-16)18-11-10-17(29-18)14-6-8-15(23)9-7-14/h3-12,20-21H,2,13H2,1H3,(H,25,30)/t20-,21-/m0/s1. The summed E-state index contributed by atoms with van der Waals surface area (Å²) in [4.78, 5) is 18.5. The summed E-state index contributed by atoms with van der Waals surface area (Å²) >= 11 is 8.99. The number of thiocarbonyl (C=S) groups is 1. The van der Waals surface area contributed by atoms with Crippen LogP contribution in [0.5, 0.6) is 0 Å². The van der Waals surface area contributed by atoms with E-state index < -0.39 is 0 Å². The van der Waals surface area contributed by atoms with Crippen molar-refractivity contribution in [1.29, 1.82) is 0 Å². The van der Waals surface area contributed by atoms with Gasteiger partial charge < -0.3 is 19.4 Å². The number of rotatable bonds is 6. The van der Waals surface area contributed by atoms with Crippen LogP contribution in [-0.2, 0) is 9.53 Å². The number of ether oxygens (including phenoxy) is 1. The molecule has 8 heteroatoms. The lowest BCUT2D eigenvalue weighted by Crippen LogP contribution is -2.35. The number of benzene rings is 1. The van der Waals surface area contributed by atoms with Crippen LogP contribution in [-0.4, -0.2) is 34.1 Å². The fraction of sp³-hybridized carbons (Fsp3) is 0.227. The van der Waals surface area contributed by atoms with Gasteiger partial charge in [-0.2, -0.15) is 0 Å². The van der Waals surface area contributed by atoms with Crippen molar-refractivity contribution in [2.45, 2.75) is 19.0 Å². The lowest BCUT2D eigenvalue weighted by molar-refractivity contribution is -0.143. The number of carbonyl (C=O) groups is 1. The van der Waals surface area contributed by atoms with Gasteiger partial charge in [0.15, 0.2) is 5.11 Å². The highest BCUT2D eigenvalue weighted by atomic mass is 79.9. The van der Waals surface area contributed by atoms with Crippen LogP contribution >= 0.6 is 28.1 Å². The minimum Gasteiger partial charge on any atom is -0.465 e. The molecule has 6 nitrogen and oxygen atoms in total. The average molecular weight is 486 g/mol. The quantitative estimate of drug-likeness (QED) is 0.402. The number of halogens is 1. The third-order valence-corrected chi connectivity index (χ3v) is 5.73. The molecule has 3 aromatic rings. The van der Waals surface area contributed by atoms with E-state index >= 15 is 0 Å². The van der Waals surface area contributed by atoms with E-state index in [0.717, 1.165) is 21.5 Å². The van der Waals surface area contributed by atoms with Gasteiger partial charge in [0.25, 0.3) is 0 Å². The Balaban J connectivity index is 1.70. The highest BCUT2D eigenvalue weighted by Gasteiger charge is 2.42. The molecule has 154 valence electrons. The molecule has 3 heterocycles. The van der Waals surface area contributed by atoms with Crippen molar-refractivity contribution in [3.05, 3.63) is 76.7 Å². The van der Waals surface area contributed by atoms with Gasteiger partial charge in [-0.3, -0.25) is 9.78 Å². The molecule has 2 atom stereocenters. The molecule has 1 saturated heterocycles. The van der Waals surface area contributed by atoms with E-state index in [1.54, 1.807) is 18.0 Å². The molecule has 2 aromatic heterocycles. The summed E-state index contributed by atoms with van der Waals surface area (Å²) in [5.74, 6) is 1.10. The van der Waals surface area contributed by atoms with Gasteiger partial charge in [0.1, 0.15) is 24.1 Å². The molecule has 0 amide bonds. The summed E-state index contributed by atoms with van der Waals surface area (Å²) in [6.45, 7) is 2.13. The Hall–Kier alpha value is -2.71. The van der Waals surface area contributed by atoms with Gasteiger partial charge in [-0.25, -0.2) is 0 Å². The summed E-state index contributed by atoms with van der Waals surface area (Å²) in [7, 11) is 0. The third kappa shape index (κ3) is 4.24. The maximum Gasteiger partial charge on any atom is 0.325 e. The molecular weight excluding hydrogens is 466 g/mol. The average Bonchev–Trinajstić information content (AvgIpc) is 3.35. The minimum absolute atomic E-state index is 0.0298. The number of nitrogens with one attached hydrogen (secondary N) is 1. The van der Waals surface area contributed by atoms with Crippen LogP contribution in [0.2, 0.25) is 0 Å². The van der Waals surface area contributed by atoms with E-state index in [9.17, 15) is 4.79 Å². The van der Waals surface area contributed by atoms with E-state index in [-0.39, 0.29) is 24.6 Å². The van der Waals surface area contributed by atoms with Crippen LogP contribution in [0.25, 0.3) is 11.3 Å². The molecule has 0 radical (unpaired) electrons. The fourth-order valence-electron chi connectivity index (χ4n) is 3.51. The molecule has 0 aliphatic carbocycles. The number of carbonyl (C=O) groups excluding carboxylic acids is 1. The number of aromatic nitrogens is 1. The van der Waals surface area contributed by atoms with E-state index in [0.29, 0.717) is 17.5 Å². The zero-order chi connectivity index (χ0) is 21.1. The largest absolute Gasteiger partial charge is 0.465 e. The van der Waals surface area contributed by atoms with Gasteiger partial charge in [-0.1, -0.05) is 34.1 Å². The molecule has 0 bridgehead atoms. The second kappa shape index (κ2) is 8.97. The van der Waals surface area contributed by atoms with Crippen molar-refractivity contribution in [3.8, 4) is 11.3 Å². The van der Waals surface area contributed by atoms with Crippen LogP contribution in [0, 0.1) is 0 Å². The first-order chi connectivity index (χ1) is 14.6.